The minimum atomic E-state index is 0.505. The number of anilines is 1. The van der Waals surface area contributed by atoms with Gasteiger partial charge < -0.3 is 10.5 Å². The average Bonchev–Trinajstić information content (AvgIpc) is 2.97. The summed E-state index contributed by atoms with van der Waals surface area (Å²) in [5, 5.41) is 0. The second-order valence-corrected chi connectivity index (χ2v) is 4.77. The summed E-state index contributed by atoms with van der Waals surface area (Å²) in [6.45, 7) is 2.04. The zero-order valence-corrected chi connectivity index (χ0v) is 11.9. The molecule has 5 heteroatoms. The smallest absolute Gasteiger partial charge is 0.123 e. The number of aromatic nitrogens is 3. The number of hydrogen-bond donors (Lipinski definition) is 1. The van der Waals surface area contributed by atoms with Crippen LogP contribution in [-0.2, 0) is 0 Å². The van der Waals surface area contributed by atoms with Crippen LogP contribution >= 0.6 is 0 Å². The molecule has 5 nitrogen and oxygen atoms in total. The van der Waals surface area contributed by atoms with Crippen LogP contribution in [0.4, 0.5) is 5.82 Å². The predicted octanol–water partition coefficient (Wildman–Crippen LogP) is 2.83. The van der Waals surface area contributed by atoms with Gasteiger partial charge in [-0.05, 0) is 42.8 Å². The van der Waals surface area contributed by atoms with E-state index in [9.17, 15) is 0 Å². The van der Waals surface area contributed by atoms with Gasteiger partial charge in [-0.3, -0.25) is 4.57 Å². The van der Waals surface area contributed by atoms with Crippen LogP contribution < -0.4 is 10.5 Å². The summed E-state index contributed by atoms with van der Waals surface area (Å²) in [5.41, 5.74) is 9.74. The molecule has 1 aromatic carbocycles. The first kappa shape index (κ1) is 13.2. The maximum absolute atomic E-state index is 5.64. The van der Waals surface area contributed by atoms with Gasteiger partial charge in [0.1, 0.15) is 11.6 Å². The van der Waals surface area contributed by atoms with E-state index in [1.165, 1.54) is 0 Å². The largest absolute Gasteiger partial charge is 0.497 e. The number of rotatable bonds is 3. The highest BCUT2D eigenvalue weighted by Gasteiger charge is 2.10. The van der Waals surface area contributed by atoms with Gasteiger partial charge in [-0.15, -0.1) is 0 Å². The molecule has 0 atom stereocenters. The number of pyridine rings is 1. The fourth-order valence-corrected chi connectivity index (χ4v) is 2.28. The molecule has 0 aliphatic heterocycles. The lowest BCUT2D eigenvalue weighted by Gasteiger charge is -2.12. The molecular weight excluding hydrogens is 264 g/mol. The van der Waals surface area contributed by atoms with Crippen LogP contribution in [0, 0.1) is 6.92 Å². The zero-order chi connectivity index (χ0) is 14.8. The molecule has 0 unspecified atom stereocenters. The molecule has 3 rings (SSSR count). The van der Waals surface area contributed by atoms with E-state index < -0.39 is 0 Å². The first-order valence-electron chi connectivity index (χ1n) is 6.58. The normalized spacial score (nSPS) is 10.6. The molecule has 106 valence electrons. The van der Waals surface area contributed by atoms with Crippen molar-refractivity contribution in [3.8, 4) is 22.7 Å². The average molecular weight is 280 g/mol. The molecule has 0 bridgehead atoms. The second kappa shape index (κ2) is 5.28. The predicted molar refractivity (Wildman–Crippen MR) is 82.5 cm³/mol. The Morgan fingerprint density at radius 3 is 2.67 bits per heavy atom. The lowest BCUT2D eigenvalue weighted by Crippen LogP contribution is -1.99. The molecule has 21 heavy (non-hydrogen) atoms. The van der Waals surface area contributed by atoms with E-state index in [1.54, 1.807) is 25.7 Å². The van der Waals surface area contributed by atoms with E-state index in [0.717, 1.165) is 28.3 Å². The van der Waals surface area contributed by atoms with Crippen molar-refractivity contribution in [2.24, 2.45) is 0 Å². The van der Waals surface area contributed by atoms with E-state index in [4.69, 9.17) is 10.5 Å². The van der Waals surface area contributed by atoms with Crippen molar-refractivity contribution >= 4 is 5.82 Å². The highest BCUT2D eigenvalue weighted by atomic mass is 16.5. The van der Waals surface area contributed by atoms with E-state index >= 15 is 0 Å². The number of aryl methyl sites for hydroxylation is 1. The van der Waals surface area contributed by atoms with Gasteiger partial charge in [-0.1, -0.05) is 0 Å². The maximum atomic E-state index is 5.64. The van der Waals surface area contributed by atoms with Gasteiger partial charge in [0.05, 0.1) is 31.0 Å². The summed E-state index contributed by atoms with van der Waals surface area (Å²) in [6, 6.07) is 9.68. The molecule has 0 amide bonds. The summed E-state index contributed by atoms with van der Waals surface area (Å²) >= 11 is 0. The Morgan fingerprint density at radius 1 is 1.14 bits per heavy atom. The molecule has 0 spiro atoms. The number of benzene rings is 1. The lowest BCUT2D eigenvalue weighted by molar-refractivity contribution is 0.414. The van der Waals surface area contributed by atoms with E-state index in [1.807, 2.05) is 42.0 Å². The monoisotopic (exact) mass is 280 g/mol. The van der Waals surface area contributed by atoms with Gasteiger partial charge >= 0.3 is 0 Å². The number of imidazole rings is 1. The van der Waals surface area contributed by atoms with Gasteiger partial charge in [0, 0.05) is 11.8 Å². The molecular formula is C16H16N4O. The molecule has 0 aliphatic rings. The van der Waals surface area contributed by atoms with Gasteiger partial charge in [0.2, 0.25) is 0 Å². The third-order valence-electron chi connectivity index (χ3n) is 3.38. The van der Waals surface area contributed by atoms with Gasteiger partial charge in [0.25, 0.3) is 0 Å². The standard InChI is InChI=1S/C16H16N4O/c1-11-7-13(21-2)4-5-14(11)20-10-18-9-15(20)12-3-6-16(17)19-8-12/h3-10H,1-2H3,(H2,17,19). The Bertz CT molecular complexity index is 762. The summed E-state index contributed by atoms with van der Waals surface area (Å²) in [4.78, 5) is 8.39. The van der Waals surface area contributed by atoms with Crippen LogP contribution in [-0.4, -0.2) is 21.6 Å². The van der Waals surface area contributed by atoms with Crippen molar-refractivity contribution in [3.05, 3.63) is 54.6 Å². The number of hydrogen-bond acceptors (Lipinski definition) is 4. The van der Waals surface area contributed by atoms with Gasteiger partial charge in [-0.25, -0.2) is 9.97 Å². The van der Waals surface area contributed by atoms with Crippen LogP contribution in [0.3, 0.4) is 0 Å². The fourth-order valence-electron chi connectivity index (χ4n) is 2.28. The Balaban J connectivity index is 2.09. The quantitative estimate of drug-likeness (QED) is 0.801. The molecule has 0 fully saturated rings. The molecule has 3 aromatic rings. The first-order chi connectivity index (χ1) is 10.2. The number of methoxy groups -OCH3 is 1. The highest BCUT2D eigenvalue weighted by Crippen LogP contribution is 2.26. The Kier molecular flexibility index (Phi) is 3.31. The maximum Gasteiger partial charge on any atom is 0.123 e. The SMILES string of the molecule is COc1ccc(-n2cncc2-c2ccc(N)nc2)c(C)c1. The van der Waals surface area contributed by atoms with E-state index in [2.05, 4.69) is 9.97 Å². The molecule has 0 saturated heterocycles. The highest BCUT2D eigenvalue weighted by molar-refractivity contribution is 5.63. The number of nitrogen functional groups attached to an aromatic ring is 1. The van der Waals surface area contributed by atoms with Crippen LogP contribution in [0.5, 0.6) is 5.75 Å². The molecule has 0 saturated carbocycles. The summed E-state index contributed by atoms with van der Waals surface area (Å²) in [6.07, 6.45) is 5.36. The molecule has 2 heterocycles. The first-order valence-corrected chi connectivity index (χ1v) is 6.58. The number of ether oxygens (including phenoxy) is 1. The lowest BCUT2D eigenvalue weighted by atomic mass is 10.1. The summed E-state index contributed by atoms with van der Waals surface area (Å²) in [5.74, 6) is 1.34. The summed E-state index contributed by atoms with van der Waals surface area (Å²) < 4.78 is 7.28. The number of nitrogens with zero attached hydrogens (tertiary/aromatic N) is 3. The minimum absolute atomic E-state index is 0.505. The van der Waals surface area contributed by atoms with Crippen LogP contribution in [0.15, 0.2) is 49.1 Å². The van der Waals surface area contributed by atoms with Crippen molar-refractivity contribution in [2.75, 3.05) is 12.8 Å². The molecule has 0 radical (unpaired) electrons. The van der Waals surface area contributed by atoms with Crippen molar-refractivity contribution in [1.82, 2.24) is 14.5 Å². The van der Waals surface area contributed by atoms with Crippen LogP contribution in [0.25, 0.3) is 16.9 Å². The Labute approximate surface area is 123 Å². The van der Waals surface area contributed by atoms with E-state index in [0.29, 0.717) is 5.82 Å². The molecule has 0 aliphatic carbocycles. The third-order valence-corrected chi connectivity index (χ3v) is 3.38. The van der Waals surface area contributed by atoms with Gasteiger partial charge in [-0.2, -0.15) is 0 Å². The topological polar surface area (TPSA) is 66.0 Å². The van der Waals surface area contributed by atoms with Gasteiger partial charge in [0.15, 0.2) is 0 Å². The summed E-state index contributed by atoms with van der Waals surface area (Å²) in [7, 11) is 1.66. The zero-order valence-electron chi connectivity index (χ0n) is 11.9. The van der Waals surface area contributed by atoms with Crippen molar-refractivity contribution in [3.63, 3.8) is 0 Å². The van der Waals surface area contributed by atoms with Crippen LogP contribution in [0.2, 0.25) is 0 Å². The van der Waals surface area contributed by atoms with Crippen molar-refractivity contribution in [1.29, 1.82) is 0 Å². The minimum Gasteiger partial charge on any atom is -0.497 e. The van der Waals surface area contributed by atoms with Crippen LogP contribution in [0.1, 0.15) is 5.56 Å². The van der Waals surface area contributed by atoms with Crippen molar-refractivity contribution in [2.45, 2.75) is 6.92 Å². The third kappa shape index (κ3) is 2.45. The van der Waals surface area contributed by atoms with Crippen molar-refractivity contribution < 1.29 is 4.74 Å². The fraction of sp³-hybridized carbons (Fsp3) is 0.125. The second-order valence-electron chi connectivity index (χ2n) is 4.77. The Hall–Kier alpha value is -2.82. The molecule has 2 aromatic heterocycles. The van der Waals surface area contributed by atoms with E-state index in [-0.39, 0.29) is 0 Å². The Morgan fingerprint density at radius 2 is 2.00 bits per heavy atom. The number of nitrogens with two attached hydrogens (primary N) is 1. The molecule has 2 N–H and O–H groups in total.